The standard InChI is InChI=1S/C15H19N3O3/c1-9-5-12(21-2)6-11(16-9)7-18-8-13(19)17-14(15(18)20)10-3-4-10/h5-6,10,14H,3-4,7-8H2,1-2H3,(H,17,19). The van der Waals surface area contributed by atoms with Crippen molar-refractivity contribution in [2.24, 2.45) is 5.92 Å². The molecule has 3 rings (SSSR count). The van der Waals surface area contributed by atoms with Gasteiger partial charge in [0.2, 0.25) is 11.8 Å². The van der Waals surface area contributed by atoms with Gasteiger partial charge >= 0.3 is 0 Å². The zero-order valence-electron chi connectivity index (χ0n) is 12.3. The van der Waals surface area contributed by atoms with Crippen molar-refractivity contribution < 1.29 is 14.3 Å². The van der Waals surface area contributed by atoms with Gasteiger partial charge in [-0.25, -0.2) is 0 Å². The summed E-state index contributed by atoms with van der Waals surface area (Å²) < 4.78 is 5.22. The van der Waals surface area contributed by atoms with Crippen molar-refractivity contribution in [2.45, 2.75) is 32.4 Å². The molecule has 1 saturated carbocycles. The lowest BCUT2D eigenvalue weighted by molar-refractivity contribution is -0.145. The highest BCUT2D eigenvalue weighted by Gasteiger charge is 2.42. The predicted octanol–water partition coefficient (Wildman–Crippen LogP) is 0.636. The van der Waals surface area contributed by atoms with E-state index in [9.17, 15) is 9.59 Å². The van der Waals surface area contributed by atoms with Crippen LogP contribution >= 0.6 is 0 Å². The second-order valence-electron chi connectivity index (χ2n) is 5.72. The summed E-state index contributed by atoms with van der Waals surface area (Å²) in [5, 5.41) is 2.80. The van der Waals surface area contributed by atoms with Crippen LogP contribution in [0.1, 0.15) is 24.2 Å². The largest absolute Gasteiger partial charge is 0.497 e. The smallest absolute Gasteiger partial charge is 0.246 e. The van der Waals surface area contributed by atoms with E-state index in [-0.39, 0.29) is 24.4 Å². The minimum atomic E-state index is -0.349. The lowest BCUT2D eigenvalue weighted by Gasteiger charge is -2.32. The van der Waals surface area contributed by atoms with Gasteiger partial charge in [-0.3, -0.25) is 14.6 Å². The van der Waals surface area contributed by atoms with Gasteiger partial charge in [-0.05, 0) is 25.7 Å². The fourth-order valence-corrected chi connectivity index (χ4v) is 2.71. The molecule has 1 atom stereocenters. The van der Waals surface area contributed by atoms with Crippen molar-refractivity contribution in [3.8, 4) is 5.75 Å². The van der Waals surface area contributed by atoms with Crippen LogP contribution in [0.25, 0.3) is 0 Å². The molecule has 0 bridgehead atoms. The van der Waals surface area contributed by atoms with E-state index in [1.165, 1.54) is 0 Å². The van der Waals surface area contributed by atoms with Crippen LogP contribution in [0.4, 0.5) is 0 Å². The lowest BCUT2D eigenvalue weighted by Crippen LogP contribution is -2.58. The molecule has 1 aromatic heterocycles. The summed E-state index contributed by atoms with van der Waals surface area (Å²) in [7, 11) is 1.60. The molecule has 2 aliphatic rings. The Morgan fingerprint density at radius 3 is 2.81 bits per heavy atom. The molecule has 6 heteroatoms. The monoisotopic (exact) mass is 289 g/mol. The molecule has 1 aliphatic carbocycles. The molecular formula is C15H19N3O3. The molecule has 1 N–H and O–H groups in total. The molecule has 1 aliphatic heterocycles. The van der Waals surface area contributed by atoms with Crippen LogP contribution in [0.2, 0.25) is 0 Å². The average molecular weight is 289 g/mol. The Hall–Kier alpha value is -2.11. The van der Waals surface area contributed by atoms with Crippen LogP contribution < -0.4 is 10.1 Å². The number of carbonyl (C=O) groups is 2. The van der Waals surface area contributed by atoms with Crippen molar-refractivity contribution >= 4 is 11.8 Å². The van der Waals surface area contributed by atoms with Gasteiger partial charge in [0.15, 0.2) is 0 Å². The van der Waals surface area contributed by atoms with E-state index in [1.807, 2.05) is 13.0 Å². The second kappa shape index (κ2) is 5.35. The molecule has 0 aromatic carbocycles. The molecule has 21 heavy (non-hydrogen) atoms. The number of nitrogens with one attached hydrogen (secondary N) is 1. The second-order valence-corrected chi connectivity index (χ2v) is 5.72. The molecule has 0 spiro atoms. The number of piperazine rings is 1. The molecule has 0 radical (unpaired) electrons. The summed E-state index contributed by atoms with van der Waals surface area (Å²) in [4.78, 5) is 30.2. The Morgan fingerprint density at radius 1 is 1.38 bits per heavy atom. The minimum Gasteiger partial charge on any atom is -0.497 e. The number of carbonyl (C=O) groups excluding carboxylic acids is 2. The number of hydrogen-bond acceptors (Lipinski definition) is 4. The zero-order chi connectivity index (χ0) is 15.0. The van der Waals surface area contributed by atoms with Crippen LogP contribution in [-0.4, -0.2) is 41.4 Å². The number of amides is 2. The summed E-state index contributed by atoms with van der Waals surface area (Å²) in [5.41, 5.74) is 1.57. The first-order chi connectivity index (χ1) is 10.1. The first-order valence-corrected chi connectivity index (χ1v) is 7.16. The van der Waals surface area contributed by atoms with E-state index >= 15 is 0 Å². The number of aryl methyl sites for hydroxylation is 1. The molecule has 1 unspecified atom stereocenters. The molecule has 2 heterocycles. The third-order valence-electron chi connectivity index (χ3n) is 3.89. The Morgan fingerprint density at radius 2 is 2.14 bits per heavy atom. The van der Waals surface area contributed by atoms with Crippen LogP contribution in [0.15, 0.2) is 12.1 Å². The Kier molecular flexibility index (Phi) is 3.53. The van der Waals surface area contributed by atoms with Crippen molar-refractivity contribution in [3.63, 3.8) is 0 Å². The zero-order valence-corrected chi connectivity index (χ0v) is 12.3. The Balaban J connectivity index is 1.78. The fraction of sp³-hybridized carbons (Fsp3) is 0.533. The molecular weight excluding hydrogens is 270 g/mol. The fourth-order valence-electron chi connectivity index (χ4n) is 2.71. The SMILES string of the molecule is COc1cc(C)nc(CN2CC(=O)NC(C3CC3)C2=O)c1. The van der Waals surface area contributed by atoms with E-state index in [0.29, 0.717) is 18.2 Å². The summed E-state index contributed by atoms with van der Waals surface area (Å²) in [6.45, 7) is 2.32. The van der Waals surface area contributed by atoms with Crippen molar-refractivity contribution in [1.29, 1.82) is 0 Å². The summed E-state index contributed by atoms with van der Waals surface area (Å²) >= 11 is 0. The van der Waals surface area contributed by atoms with E-state index in [2.05, 4.69) is 10.3 Å². The summed E-state index contributed by atoms with van der Waals surface area (Å²) in [6.07, 6.45) is 2.03. The van der Waals surface area contributed by atoms with Crippen LogP contribution in [0.3, 0.4) is 0 Å². The molecule has 6 nitrogen and oxygen atoms in total. The van der Waals surface area contributed by atoms with Gasteiger partial charge in [-0.1, -0.05) is 0 Å². The third kappa shape index (κ3) is 2.99. The molecule has 1 aromatic rings. The van der Waals surface area contributed by atoms with E-state index in [1.54, 1.807) is 18.1 Å². The van der Waals surface area contributed by atoms with Gasteiger partial charge in [-0.15, -0.1) is 0 Å². The number of aromatic nitrogens is 1. The van der Waals surface area contributed by atoms with Crippen molar-refractivity contribution in [2.75, 3.05) is 13.7 Å². The minimum absolute atomic E-state index is 0.000581. The lowest BCUT2D eigenvalue weighted by atomic mass is 10.1. The van der Waals surface area contributed by atoms with E-state index < -0.39 is 0 Å². The number of ether oxygens (including phenoxy) is 1. The van der Waals surface area contributed by atoms with Gasteiger partial charge in [-0.2, -0.15) is 0 Å². The van der Waals surface area contributed by atoms with Crippen LogP contribution in [0.5, 0.6) is 5.75 Å². The summed E-state index contributed by atoms with van der Waals surface area (Å²) in [6, 6.07) is 3.29. The molecule has 2 fully saturated rings. The van der Waals surface area contributed by atoms with Gasteiger partial charge in [0, 0.05) is 17.8 Å². The maximum atomic E-state index is 12.4. The maximum Gasteiger partial charge on any atom is 0.246 e. The first-order valence-electron chi connectivity index (χ1n) is 7.16. The predicted molar refractivity (Wildman–Crippen MR) is 75.6 cm³/mol. The maximum absolute atomic E-state index is 12.4. The third-order valence-corrected chi connectivity index (χ3v) is 3.89. The van der Waals surface area contributed by atoms with Gasteiger partial charge in [0.05, 0.1) is 19.3 Å². The Bertz CT molecular complexity index is 584. The topological polar surface area (TPSA) is 71.5 Å². The quantitative estimate of drug-likeness (QED) is 0.883. The van der Waals surface area contributed by atoms with E-state index in [4.69, 9.17) is 4.74 Å². The molecule has 112 valence electrons. The number of nitrogens with zero attached hydrogens (tertiary/aromatic N) is 2. The average Bonchev–Trinajstić information content (AvgIpc) is 3.26. The number of methoxy groups -OCH3 is 1. The highest BCUT2D eigenvalue weighted by Crippen LogP contribution is 2.34. The van der Waals surface area contributed by atoms with Gasteiger partial charge in [0.25, 0.3) is 0 Å². The highest BCUT2D eigenvalue weighted by atomic mass is 16.5. The number of rotatable bonds is 4. The first kappa shape index (κ1) is 13.9. The highest BCUT2D eigenvalue weighted by molar-refractivity contribution is 5.95. The Labute approximate surface area is 123 Å². The van der Waals surface area contributed by atoms with Crippen molar-refractivity contribution in [3.05, 3.63) is 23.5 Å². The number of pyridine rings is 1. The van der Waals surface area contributed by atoms with Crippen molar-refractivity contribution in [1.82, 2.24) is 15.2 Å². The number of hydrogen-bond donors (Lipinski definition) is 1. The van der Waals surface area contributed by atoms with Crippen LogP contribution in [0, 0.1) is 12.8 Å². The van der Waals surface area contributed by atoms with Gasteiger partial charge < -0.3 is 15.0 Å². The van der Waals surface area contributed by atoms with E-state index in [0.717, 1.165) is 24.2 Å². The van der Waals surface area contributed by atoms with Crippen LogP contribution in [-0.2, 0) is 16.1 Å². The molecule has 1 saturated heterocycles. The summed E-state index contributed by atoms with van der Waals surface area (Å²) in [5.74, 6) is 0.930. The van der Waals surface area contributed by atoms with Gasteiger partial charge in [0.1, 0.15) is 18.3 Å². The molecule has 2 amide bonds. The normalized spacial score (nSPS) is 22.2.